The third-order valence-corrected chi connectivity index (χ3v) is 7.10. The largest absolute Gasteiger partial charge is 0.362 e. The van der Waals surface area contributed by atoms with E-state index in [0.29, 0.717) is 12.8 Å². The maximum absolute atomic E-state index is 12.8. The van der Waals surface area contributed by atoms with Gasteiger partial charge in [0.05, 0.1) is 25.2 Å². The van der Waals surface area contributed by atoms with Crippen LogP contribution in [0.5, 0.6) is 0 Å². The molecular weight excluding hydrogens is 364 g/mol. The van der Waals surface area contributed by atoms with E-state index in [-0.39, 0.29) is 37.0 Å². The van der Waals surface area contributed by atoms with Crippen LogP contribution in [-0.4, -0.2) is 79.8 Å². The van der Waals surface area contributed by atoms with Gasteiger partial charge < -0.3 is 29.5 Å². The number of nitrogens with zero attached hydrogens (tertiary/aromatic N) is 2. The normalized spacial score (nSPS) is 48.6. The molecule has 3 heterocycles. The van der Waals surface area contributed by atoms with E-state index in [2.05, 4.69) is 0 Å². The Morgan fingerprint density at radius 1 is 0.786 bits per heavy atom. The third-order valence-electron chi connectivity index (χ3n) is 7.10. The highest BCUT2D eigenvalue weighted by atomic mass is 16.8. The van der Waals surface area contributed by atoms with E-state index in [1.165, 1.54) is 0 Å². The molecule has 0 aromatic carbocycles. The molecule has 3 aliphatic heterocycles. The first-order chi connectivity index (χ1) is 12.6. The first-order valence-electron chi connectivity index (χ1n) is 10.1. The number of β-amino-alcohol motifs (C(OH)–C–C–N with tert-alkyl or cyclic N) is 2. The molecule has 0 aromatic rings. The summed E-state index contributed by atoms with van der Waals surface area (Å²) in [5, 5.41) is 22.8. The van der Waals surface area contributed by atoms with E-state index in [0.717, 1.165) is 0 Å². The molecule has 5 fully saturated rings. The molecule has 156 valence electrons. The molecule has 2 aliphatic carbocycles. The zero-order valence-corrected chi connectivity index (χ0v) is 17.4. The zero-order chi connectivity index (χ0) is 20.7. The summed E-state index contributed by atoms with van der Waals surface area (Å²) >= 11 is 0. The number of piperidine rings is 2. The average molecular weight is 394 g/mol. The second kappa shape index (κ2) is 4.58. The monoisotopic (exact) mass is 394 g/mol. The molecule has 5 aliphatic rings. The Hall–Kier alpha value is -1.22. The van der Waals surface area contributed by atoms with Crippen LogP contribution >= 0.6 is 0 Å². The molecule has 5 rings (SSSR count). The molecule has 28 heavy (non-hydrogen) atoms. The summed E-state index contributed by atoms with van der Waals surface area (Å²) in [6, 6.07) is -0.648. The number of hydrogen-bond donors (Lipinski definition) is 2. The van der Waals surface area contributed by atoms with Gasteiger partial charge >= 0.3 is 0 Å². The lowest BCUT2D eigenvalue weighted by atomic mass is 9.94. The molecule has 0 bridgehead atoms. The maximum Gasteiger partial charge on any atom is 0.228 e. The highest BCUT2D eigenvalue weighted by Crippen LogP contribution is 2.71. The van der Waals surface area contributed by atoms with Gasteiger partial charge in [0.15, 0.2) is 0 Å². The topological polar surface area (TPSA) is 99.5 Å². The minimum atomic E-state index is -1.67. The van der Waals surface area contributed by atoms with E-state index >= 15 is 0 Å². The van der Waals surface area contributed by atoms with Crippen molar-refractivity contribution in [3.8, 4) is 0 Å². The van der Waals surface area contributed by atoms with E-state index in [1.54, 1.807) is 9.80 Å². The van der Waals surface area contributed by atoms with Gasteiger partial charge in [-0.2, -0.15) is 0 Å². The van der Waals surface area contributed by atoms with Gasteiger partial charge in [0.2, 0.25) is 23.4 Å². The van der Waals surface area contributed by atoms with Crippen LogP contribution in [0.15, 0.2) is 0 Å². The molecule has 2 saturated carbocycles. The van der Waals surface area contributed by atoms with Gasteiger partial charge in [0.1, 0.15) is 11.2 Å². The summed E-state index contributed by atoms with van der Waals surface area (Å²) in [6.45, 7) is 11.1. The van der Waals surface area contributed by atoms with E-state index in [9.17, 15) is 19.8 Å². The minimum absolute atomic E-state index is 0.0194. The Labute approximate surface area is 164 Å². The lowest BCUT2D eigenvalue weighted by Crippen LogP contribution is -2.68. The second-order valence-corrected chi connectivity index (χ2v) is 11.4. The molecular formula is C20H30N2O6. The van der Waals surface area contributed by atoms with E-state index < -0.39 is 33.6 Å². The van der Waals surface area contributed by atoms with Crippen LogP contribution in [0.4, 0.5) is 0 Å². The minimum Gasteiger partial charge on any atom is -0.362 e. The van der Waals surface area contributed by atoms with Gasteiger partial charge in [0.25, 0.3) is 0 Å². The van der Waals surface area contributed by atoms with Crippen molar-refractivity contribution in [2.45, 2.75) is 89.2 Å². The van der Waals surface area contributed by atoms with Gasteiger partial charge in [-0.25, -0.2) is 0 Å². The van der Waals surface area contributed by atoms with Crippen LogP contribution in [0, 0.1) is 10.8 Å². The molecule has 2 N–H and O–H groups in total. The van der Waals surface area contributed by atoms with Crippen molar-refractivity contribution in [2.75, 3.05) is 13.1 Å². The fourth-order valence-corrected chi connectivity index (χ4v) is 5.48. The van der Waals surface area contributed by atoms with Crippen molar-refractivity contribution >= 4 is 11.8 Å². The van der Waals surface area contributed by atoms with Crippen molar-refractivity contribution in [1.29, 1.82) is 0 Å². The molecule has 8 nitrogen and oxygen atoms in total. The smallest absolute Gasteiger partial charge is 0.228 e. The van der Waals surface area contributed by atoms with Crippen molar-refractivity contribution < 1.29 is 29.3 Å². The average Bonchev–Trinajstić information content (AvgIpc) is 3.38. The number of ether oxygens (including phenoxy) is 2. The SMILES string of the molecule is CC(C)(C)C(=O)N1C[C@@]2(O)O[C@@]34CC3N(C(=O)C(C)(C)C)C[C@@]4(O)O[C@]23CC13. The first-order valence-corrected chi connectivity index (χ1v) is 10.1. The third kappa shape index (κ3) is 1.95. The molecule has 0 aromatic heterocycles. The number of hydrogen-bond acceptors (Lipinski definition) is 6. The van der Waals surface area contributed by atoms with Gasteiger partial charge in [-0.3, -0.25) is 9.59 Å². The highest BCUT2D eigenvalue weighted by molar-refractivity contribution is 5.84. The lowest BCUT2D eigenvalue weighted by molar-refractivity contribution is -0.428. The number of aliphatic hydroxyl groups is 2. The Bertz CT molecular complexity index is 731. The zero-order valence-electron chi connectivity index (χ0n) is 17.4. The standard InChI is InChI=1S/C20H30N2O6/c1-15(2,3)13(23)21-9-19(25)17(7-11(17)21)27-20(26)10-22(14(24)16(4,5)6)12-8-18(12,20)28-19/h11-12,25-26H,7-10H2,1-6H3/t11?,12?,17-,18-,19+,20+/m0/s1. The van der Waals surface area contributed by atoms with Crippen LogP contribution in [0.1, 0.15) is 54.4 Å². The van der Waals surface area contributed by atoms with Crippen LogP contribution in [-0.2, 0) is 19.1 Å². The summed E-state index contributed by atoms with van der Waals surface area (Å²) in [6.07, 6.45) is 0.836. The number of carbonyl (C=O) groups is 2. The molecule has 2 unspecified atom stereocenters. The van der Waals surface area contributed by atoms with Crippen molar-refractivity contribution in [1.82, 2.24) is 9.80 Å². The molecule has 2 amide bonds. The van der Waals surface area contributed by atoms with Crippen LogP contribution in [0.2, 0.25) is 0 Å². The number of rotatable bonds is 0. The number of carbonyl (C=O) groups excluding carboxylic acids is 2. The van der Waals surface area contributed by atoms with Gasteiger partial charge in [-0.1, -0.05) is 41.5 Å². The summed E-state index contributed by atoms with van der Waals surface area (Å²) < 4.78 is 12.4. The number of amides is 2. The molecule has 3 saturated heterocycles. The number of likely N-dealkylation sites (tertiary alicyclic amines) is 2. The van der Waals surface area contributed by atoms with Gasteiger partial charge in [-0.15, -0.1) is 0 Å². The molecule has 2 spiro atoms. The predicted molar refractivity (Wildman–Crippen MR) is 96.7 cm³/mol. The Kier molecular flexibility index (Phi) is 3.07. The highest BCUT2D eigenvalue weighted by Gasteiger charge is 2.91. The quantitative estimate of drug-likeness (QED) is 0.609. The van der Waals surface area contributed by atoms with E-state index in [4.69, 9.17) is 9.47 Å². The summed E-state index contributed by atoms with van der Waals surface area (Å²) in [7, 11) is 0. The van der Waals surface area contributed by atoms with E-state index in [1.807, 2.05) is 41.5 Å². The van der Waals surface area contributed by atoms with Crippen molar-refractivity contribution in [3.63, 3.8) is 0 Å². The second-order valence-electron chi connectivity index (χ2n) is 11.4. The summed E-state index contributed by atoms with van der Waals surface area (Å²) in [5.41, 5.74) is -3.42. The lowest BCUT2D eigenvalue weighted by Gasteiger charge is -2.48. The predicted octanol–water partition coefficient (Wildman–Crippen LogP) is 0.209. The fraction of sp³-hybridized carbons (Fsp3) is 0.900. The Morgan fingerprint density at radius 2 is 1.11 bits per heavy atom. The summed E-state index contributed by atoms with van der Waals surface area (Å²) in [5.74, 6) is -3.48. The van der Waals surface area contributed by atoms with Gasteiger partial charge in [0, 0.05) is 23.7 Å². The molecule has 6 atom stereocenters. The van der Waals surface area contributed by atoms with Gasteiger partial charge in [-0.05, 0) is 0 Å². The van der Waals surface area contributed by atoms with Crippen LogP contribution in [0.25, 0.3) is 0 Å². The van der Waals surface area contributed by atoms with Crippen molar-refractivity contribution in [2.24, 2.45) is 10.8 Å². The molecule has 0 radical (unpaired) electrons. The van der Waals surface area contributed by atoms with Crippen LogP contribution < -0.4 is 0 Å². The molecule has 8 heteroatoms. The summed E-state index contributed by atoms with van der Waals surface area (Å²) in [4.78, 5) is 29.0. The Morgan fingerprint density at radius 3 is 1.39 bits per heavy atom. The maximum atomic E-state index is 12.8. The fourth-order valence-electron chi connectivity index (χ4n) is 5.48. The van der Waals surface area contributed by atoms with Crippen molar-refractivity contribution in [3.05, 3.63) is 0 Å². The first kappa shape index (κ1) is 18.8. The Balaban J connectivity index is 1.46. The van der Waals surface area contributed by atoms with Crippen LogP contribution in [0.3, 0.4) is 0 Å².